The van der Waals surface area contributed by atoms with Gasteiger partial charge in [-0.25, -0.2) is 0 Å². The van der Waals surface area contributed by atoms with Gasteiger partial charge in [-0.3, -0.25) is 19.3 Å². The maximum Gasteiger partial charge on any atom is 0.299 e. The Morgan fingerprint density at radius 1 is 1.33 bits per heavy atom. The summed E-state index contributed by atoms with van der Waals surface area (Å²) >= 11 is 3.31. The van der Waals surface area contributed by atoms with Gasteiger partial charge in [0.2, 0.25) is 0 Å². The number of ketones is 2. The molecule has 0 unspecified atom stereocenters. The number of hydrogen-bond acceptors (Lipinski definition) is 3. The number of carbonyl (C=O) groups is 3. The number of Topliss-reactive ketones (excluding diaryl/α,β-unsaturated/α-hetero) is 2. The molecule has 18 heavy (non-hydrogen) atoms. The zero-order chi connectivity index (χ0) is 13.4. The van der Waals surface area contributed by atoms with Crippen molar-refractivity contribution in [3.8, 4) is 0 Å². The van der Waals surface area contributed by atoms with E-state index in [1.807, 2.05) is 0 Å². The lowest BCUT2D eigenvalue weighted by Crippen LogP contribution is -2.36. The molecule has 0 spiro atoms. The Morgan fingerprint density at radius 3 is 2.61 bits per heavy atom. The number of anilines is 1. The van der Waals surface area contributed by atoms with Crippen molar-refractivity contribution < 1.29 is 14.4 Å². The van der Waals surface area contributed by atoms with Gasteiger partial charge in [0.1, 0.15) is 0 Å². The minimum Gasteiger partial charge on any atom is -0.297 e. The molecule has 1 aliphatic rings. The number of fused-ring (bicyclic) bond motifs is 1. The van der Waals surface area contributed by atoms with Crippen LogP contribution in [0.2, 0.25) is 0 Å². The Bertz CT molecular complexity index is 551. The minimum atomic E-state index is -0.633. The van der Waals surface area contributed by atoms with Crippen LogP contribution in [0.5, 0.6) is 0 Å². The van der Waals surface area contributed by atoms with Gasteiger partial charge >= 0.3 is 0 Å². The number of hydrogen-bond donors (Lipinski definition) is 0. The number of halogens is 1. The fourth-order valence-electron chi connectivity index (χ4n) is 1.80. The summed E-state index contributed by atoms with van der Waals surface area (Å²) in [5, 5.41) is 0. The molecule has 0 aliphatic carbocycles. The SMILES string of the molecule is CC(C)C(=O)CN1C(=O)C(=O)c2cccc(Br)c21. The molecule has 0 aromatic heterocycles. The van der Waals surface area contributed by atoms with Gasteiger partial charge < -0.3 is 0 Å². The van der Waals surface area contributed by atoms with Crippen molar-refractivity contribution in [2.75, 3.05) is 11.4 Å². The standard InChI is InChI=1S/C13H12BrNO3/c1-7(2)10(16)6-15-11-8(12(17)13(15)18)4-3-5-9(11)14/h3-5,7H,6H2,1-2H3. The molecule has 1 aromatic carbocycles. The molecule has 4 nitrogen and oxygen atoms in total. The van der Waals surface area contributed by atoms with Crippen LogP contribution in [0.3, 0.4) is 0 Å². The predicted molar refractivity (Wildman–Crippen MR) is 70.7 cm³/mol. The Balaban J connectivity index is 2.43. The molecule has 0 radical (unpaired) electrons. The van der Waals surface area contributed by atoms with Crippen LogP contribution < -0.4 is 4.90 Å². The van der Waals surface area contributed by atoms with E-state index in [4.69, 9.17) is 0 Å². The van der Waals surface area contributed by atoms with Gasteiger partial charge in [-0.15, -0.1) is 0 Å². The van der Waals surface area contributed by atoms with Gasteiger partial charge in [0.25, 0.3) is 11.7 Å². The molecular weight excluding hydrogens is 298 g/mol. The lowest BCUT2D eigenvalue weighted by Gasteiger charge is -2.17. The summed E-state index contributed by atoms with van der Waals surface area (Å²) in [6.45, 7) is 3.48. The number of amides is 1. The van der Waals surface area contributed by atoms with Gasteiger partial charge in [0.05, 0.1) is 17.8 Å². The minimum absolute atomic E-state index is 0.0577. The first-order valence-electron chi connectivity index (χ1n) is 5.61. The van der Waals surface area contributed by atoms with Crippen LogP contribution >= 0.6 is 15.9 Å². The fraction of sp³-hybridized carbons (Fsp3) is 0.308. The highest BCUT2D eigenvalue weighted by Crippen LogP contribution is 2.35. The maximum atomic E-state index is 11.9. The maximum absolute atomic E-state index is 11.9. The lowest BCUT2D eigenvalue weighted by molar-refractivity contribution is -0.122. The number of benzene rings is 1. The second-order valence-corrected chi connectivity index (χ2v) is 5.33. The van der Waals surface area contributed by atoms with Crippen LogP contribution in [0.4, 0.5) is 5.69 Å². The van der Waals surface area contributed by atoms with Crippen molar-refractivity contribution in [3.63, 3.8) is 0 Å². The van der Waals surface area contributed by atoms with Crippen LogP contribution in [0, 0.1) is 5.92 Å². The van der Waals surface area contributed by atoms with E-state index >= 15 is 0 Å². The van der Waals surface area contributed by atoms with Crippen molar-refractivity contribution in [2.45, 2.75) is 13.8 Å². The van der Waals surface area contributed by atoms with E-state index in [9.17, 15) is 14.4 Å². The van der Waals surface area contributed by atoms with Crippen LogP contribution in [0.25, 0.3) is 0 Å². The van der Waals surface area contributed by atoms with E-state index < -0.39 is 11.7 Å². The fourth-order valence-corrected chi connectivity index (χ4v) is 2.38. The van der Waals surface area contributed by atoms with Crippen LogP contribution in [-0.4, -0.2) is 24.0 Å². The number of carbonyl (C=O) groups excluding carboxylic acids is 3. The molecule has 0 fully saturated rings. The Hall–Kier alpha value is -1.49. The van der Waals surface area contributed by atoms with E-state index in [-0.39, 0.29) is 18.2 Å². The molecule has 0 bridgehead atoms. The molecule has 5 heteroatoms. The average Bonchev–Trinajstić information content (AvgIpc) is 2.56. The number of para-hydroxylation sites is 1. The zero-order valence-electron chi connectivity index (χ0n) is 10.1. The van der Waals surface area contributed by atoms with Crippen molar-refractivity contribution in [3.05, 3.63) is 28.2 Å². The normalized spacial score (nSPS) is 14.3. The molecule has 2 rings (SSSR count). The van der Waals surface area contributed by atoms with Gasteiger partial charge in [-0.05, 0) is 28.1 Å². The first kappa shape index (κ1) is 13.0. The molecule has 94 valence electrons. The first-order chi connectivity index (χ1) is 8.43. The highest BCUT2D eigenvalue weighted by atomic mass is 79.9. The molecular formula is C13H12BrNO3. The smallest absolute Gasteiger partial charge is 0.297 e. The molecule has 1 amide bonds. The third kappa shape index (κ3) is 1.99. The summed E-state index contributed by atoms with van der Waals surface area (Å²) in [6.07, 6.45) is 0. The largest absolute Gasteiger partial charge is 0.299 e. The van der Waals surface area contributed by atoms with Gasteiger partial charge in [0.15, 0.2) is 5.78 Å². The van der Waals surface area contributed by atoms with E-state index in [2.05, 4.69) is 15.9 Å². The van der Waals surface area contributed by atoms with Crippen molar-refractivity contribution in [1.29, 1.82) is 0 Å². The van der Waals surface area contributed by atoms with Gasteiger partial charge in [-0.1, -0.05) is 19.9 Å². The molecule has 0 N–H and O–H groups in total. The summed E-state index contributed by atoms with van der Waals surface area (Å²) < 4.78 is 0.649. The summed E-state index contributed by atoms with van der Waals surface area (Å²) in [7, 11) is 0. The zero-order valence-corrected chi connectivity index (χ0v) is 11.7. The van der Waals surface area contributed by atoms with E-state index in [0.717, 1.165) is 0 Å². The molecule has 1 heterocycles. The third-order valence-electron chi connectivity index (χ3n) is 2.90. The number of nitrogens with zero attached hydrogens (tertiary/aromatic N) is 1. The van der Waals surface area contributed by atoms with Crippen LogP contribution in [-0.2, 0) is 9.59 Å². The molecule has 0 saturated heterocycles. The Morgan fingerprint density at radius 2 is 2.00 bits per heavy atom. The van der Waals surface area contributed by atoms with E-state index in [1.165, 1.54) is 4.90 Å². The summed E-state index contributed by atoms with van der Waals surface area (Å²) in [5.41, 5.74) is 0.854. The van der Waals surface area contributed by atoms with Crippen LogP contribution in [0.15, 0.2) is 22.7 Å². The number of rotatable bonds is 3. The predicted octanol–water partition coefficient (Wildman–Crippen LogP) is 2.20. The highest BCUT2D eigenvalue weighted by molar-refractivity contribution is 9.10. The Labute approximate surface area is 113 Å². The summed E-state index contributed by atoms with van der Waals surface area (Å²) in [5.74, 6) is -1.42. The van der Waals surface area contributed by atoms with E-state index in [0.29, 0.717) is 15.7 Å². The van der Waals surface area contributed by atoms with Gasteiger partial charge in [0, 0.05) is 10.4 Å². The molecule has 1 aliphatic heterocycles. The summed E-state index contributed by atoms with van der Waals surface area (Å²) in [6, 6.07) is 5.04. The summed E-state index contributed by atoms with van der Waals surface area (Å²) in [4.78, 5) is 36.7. The molecule has 1 aromatic rings. The molecule has 0 atom stereocenters. The second kappa shape index (κ2) is 4.65. The van der Waals surface area contributed by atoms with Crippen molar-refractivity contribution >= 4 is 39.1 Å². The topological polar surface area (TPSA) is 54.5 Å². The van der Waals surface area contributed by atoms with Crippen molar-refractivity contribution in [1.82, 2.24) is 0 Å². The monoisotopic (exact) mass is 309 g/mol. The highest BCUT2D eigenvalue weighted by Gasteiger charge is 2.38. The lowest BCUT2D eigenvalue weighted by atomic mass is 10.1. The quantitative estimate of drug-likeness (QED) is 0.804. The van der Waals surface area contributed by atoms with Gasteiger partial charge in [-0.2, -0.15) is 0 Å². The average molecular weight is 310 g/mol. The van der Waals surface area contributed by atoms with E-state index in [1.54, 1.807) is 32.0 Å². The Kier molecular flexibility index (Phi) is 3.34. The van der Waals surface area contributed by atoms with Crippen LogP contribution in [0.1, 0.15) is 24.2 Å². The second-order valence-electron chi connectivity index (χ2n) is 4.48. The van der Waals surface area contributed by atoms with Crippen molar-refractivity contribution in [2.24, 2.45) is 5.92 Å². The molecule has 0 saturated carbocycles. The third-order valence-corrected chi connectivity index (χ3v) is 3.54. The first-order valence-corrected chi connectivity index (χ1v) is 6.40.